The fourth-order valence-corrected chi connectivity index (χ4v) is 3.10. The van der Waals surface area contributed by atoms with Gasteiger partial charge in [0, 0.05) is 28.8 Å². The SMILES string of the molecule is CCOC(=O)/C=C/c1cc(Br)ccc1N1CCCCC1C. The zero-order valence-corrected chi connectivity index (χ0v) is 14.2. The summed E-state index contributed by atoms with van der Waals surface area (Å²) in [5.41, 5.74) is 2.23. The van der Waals surface area contributed by atoms with Gasteiger partial charge in [0.15, 0.2) is 0 Å². The second kappa shape index (κ2) is 7.64. The highest BCUT2D eigenvalue weighted by molar-refractivity contribution is 9.10. The number of esters is 1. The lowest BCUT2D eigenvalue weighted by molar-refractivity contribution is -0.137. The van der Waals surface area contributed by atoms with Crippen LogP contribution >= 0.6 is 15.9 Å². The van der Waals surface area contributed by atoms with E-state index in [-0.39, 0.29) is 5.97 Å². The number of halogens is 1. The molecule has 0 saturated carbocycles. The summed E-state index contributed by atoms with van der Waals surface area (Å²) in [7, 11) is 0. The molecule has 21 heavy (non-hydrogen) atoms. The Morgan fingerprint density at radius 3 is 3.00 bits per heavy atom. The second-order valence-electron chi connectivity index (χ2n) is 5.33. The van der Waals surface area contributed by atoms with Crippen LogP contribution in [0.25, 0.3) is 6.08 Å². The summed E-state index contributed by atoms with van der Waals surface area (Å²) >= 11 is 3.50. The van der Waals surface area contributed by atoms with Gasteiger partial charge in [-0.15, -0.1) is 0 Å². The minimum Gasteiger partial charge on any atom is -0.463 e. The number of ether oxygens (including phenoxy) is 1. The van der Waals surface area contributed by atoms with Gasteiger partial charge >= 0.3 is 5.97 Å². The Morgan fingerprint density at radius 1 is 1.48 bits per heavy atom. The number of carbonyl (C=O) groups is 1. The average molecular weight is 352 g/mol. The van der Waals surface area contributed by atoms with E-state index >= 15 is 0 Å². The molecule has 1 aromatic rings. The van der Waals surface area contributed by atoms with Gasteiger partial charge in [-0.1, -0.05) is 15.9 Å². The van der Waals surface area contributed by atoms with Crippen molar-refractivity contribution in [2.24, 2.45) is 0 Å². The third-order valence-electron chi connectivity index (χ3n) is 3.79. The molecule has 1 aliphatic rings. The van der Waals surface area contributed by atoms with Crippen LogP contribution in [0.3, 0.4) is 0 Å². The van der Waals surface area contributed by atoms with E-state index in [2.05, 4.69) is 39.9 Å². The minimum absolute atomic E-state index is 0.296. The average Bonchev–Trinajstić information content (AvgIpc) is 2.46. The van der Waals surface area contributed by atoms with Gasteiger partial charge in [-0.2, -0.15) is 0 Å². The second-order valence-corrected chi connectivity index (χ2v) is 6.24. The van der Waals surface area contributed by atoms with E-state index in [9.17, 15) is 4.79 Å². The lowest BCUT2D eigenvalue weighted by Crippen LogP contribution is -2.37. The number of carbonyl (C=O) groups excluding carboxylic acids is 1. The Bertz CT molecular complexity index is 528. The van der Waals surface area contributed by atoms with Gasteiger partial charge in [0.05, 0.1) is 6.61 Å². The minimum atomic E-state index is -0.296. The van der Waals surface area contributed by atoms with Crippen molar-refractivity contribution in [1.82, 2.24) is 0 Å². The molecule has 1 aliphatic heterocycles. The molecule has 1 heterocycles. The van der Waals surface area contributed by atoms with E-state index in [4.69, 9.17) is 4.74 Å². The fourth-order valence-electron chi connectivity index (χ4n) is 2.72. The van der Waals surface area contributed by atoms with Crippen LogP contribution in [0, 0.1) is 0 Å². The fraction of sp³-hybridized carbons (Fsp3) is 0.471. The molecule has 0 radical (unpaired) electrons. The third-order valence-corrected chi connectivity index (χ3v) is 4.28. The highest BCUT2D eigenvalue weighted by Gasteiger charge is 2.20. The van der Waals surface area contributed by atoms with E-state index < -0.39 is 0 Å². The molecule has 1 atom stereocenters. The summed E-state index contributed by atoms with van der Waals surface area (Å²) in [6.45, 7) is 5.55. The maximum absolute atomic E-state index is 11.5. The molecule has 0 aromatic heterocycles. The molecule has 114 valence electrons. The number of benzene rings is 1. The van der Waals surface area contributed by atoms with Crippen LogP contribution in [-0.2, 0) is 9.53 Å². The van der Waals surface area contributed by atoms with Gasteiger partial charge < -0.3 is 9.64 Å². The van der Waals surface area contributed by atoms with Gasteiger partial charge in [-0.25, -0.2) is 4.79 Å². The molecule has 0 N–H and O–H groups in total. The van der Waals surface area contributed by atoms with Crippen LogP contribution in [0.2, 0.25) is 0 Å². The molecule has 3 nitrogen and oxygen atoms in total. The molecule has 0 bridgehead atoms. The smallest absolute Gasteiger partial charge is 0.330 e. The number of nitrogens with zero attached hydrogens (tertiary/aromatic N) is 1. The Hall–Kier alpha value is -1.29. The Kier molecular flexibility index (Phi) is 5.85. The molecule has 1 unspecified atom stereocenters. The summed E-state index contributed by atoms with van der Waals surface area (Å²) < 4.78 is 5.96. The van der Waals surface area contributed by atoms with Crippen molar-refractivity contribution >= 4 is 33.7 Å². The zero-order valence-electron chi connectivity index (χ0n) is 12.6. The molecule has 1 aromatic carbocycles. The molecular weight excluding hydrogens is 330 g/mol. The van der Waals surface area contributed by atoms with Gasteiger partial charge in [0.25, 0.3) is 0 Å². The van der Waals surface area contributed by atoms with Crippen molar-refractivity contribution in [3.63, 3.8) is 0 Å². The first-order valence-electron chi connectivity index (χ1n) is 7.53. The standard InChI is InChI=1S/C17H22BrNO2/c1-3-21-17(20)10-7-14-12-15(18)8-9-16(14)19-11-5-4-6-13(19)2/h7-10,12-13H,3-6,11H2,1-2H3/b10-7+. The highest BCUT2D eigenvalue weighted by atomic mass is 79.9. The van der Waals surface area contributed by atoms with Gasteiger partial charge in [0.1, 0.15) is 0 Å². The highest BCUT2D eigenvalue weighted by Crippen LogP contribution is 2.30. The Morgan fingerprint density at radius 2 is 2.29 bits per heavy atom. The van der Waals surface area contributed by atoms with Crippen LogP contribution in [0.5, 0.6) is 0 Å². The first-order valence-corrected chi connectivity index (χ1v) is 8.32. The molecule has 0 spiro atoms. The number of hydrogen-bond acceptors (Lipinski definition) is 3. The third kappa shape index (κ3) is 4.34. The maximum Gasteiger partial charge on any atom is 0.330 e. The van der Waals surface area contributed by atoms with Gasteiger partial charge in [-0.05, 0) is 62.9 Å². The zero-order chi connectivity index (χ0) is 15.2. The molecule has 1 saturated heterocycles. The van der Waals surface area contributed by atoms with E-state index in [1.807, 2.05) is 19.1 Å². The number of hydrogen-bond donors (Lipinski definition) is 0. The predicted molar refractivity (Wildman–Crippen MR) is 90.5 cm³/mol. The van der Waals surface area contributed by atoms with E-state index in [0.29, 0.717) is 12.6 Å². The number of rotatable bonds is 4. The van der Waals surface area contributed by atoms with Crippen LogP contribution in [0.15, 0.2) is 28.7 Å². The molecule has 1 fully saturated rings. The van der Waals surface area contributed by atoms with Crippen LogP contribution < -0.4 is 4.90 Å². The maximum atomic E-state index is 11.5. The molecule has 4 heteroatoms. The van der Waals surface area contributed by atoms with E-state index in [1.54, 1.807) is 0 Å². The molecule has 0 aliphatic carbocycles. The Balaban J connectivity index is 2.26. The lowest BCUT2D eigenvalue weighted by Gasteiger charge is -2.36. The van der Waals surface area contributed by atoms with Crippen molar-refractivity contribution < 1.29 is 9.53 Å². The summed E-state index contributed by atoms with van der Waals surface area (Å²) in [5, 5.41) is 0. The topological polar surface area (TPSA) is 29.5 Å². The summed E-state index contributed by atoms with van der Waals surface area (Å²) in [6, 6.07) is 6.76. The number of anilines is 1. The number of piperidine rings is 1. The monoisotopic (exact) mass is 351 g/mol. The van der Waals surface area contributed by atoms with Crippen molar-refractivity contribution in [3.8, 4) is 0 Å². The van der Waals surface area contributed by atoms with Gasteiger partial charge in [0.2, 0.25) is 0 Å². The predicted octanol–water partition coefficient (Wildman–Crippen LogP) is 4.40. The normalized spacial score (nSPS) is 19.0. The van der Waals surface area contributed by atoms with Crippen LogP contribution in [-0.4, -0.2) is 25.2 Å². The lowest BCUT2D eigenvalue weighted by atomic mass is 10.0. The molecular formula is C17H22BrNO2. The summed E-state index contributed by atoms with van der Waals surface area (Å²) in [6.07, 6.45) is 7.09. The first-order chi connectivity index (χ1) is 10.1. The quantitative estimate of drug-likeness (QED) is 0.594. The van der Waals surface area contributed by atoms with Gasteiger partial charge in [-0.3, -0.25) is 0 Å². The summed E-state index contributed by atoms with van der Waals surface area (Å²) in [4.78, 5) is 14.0. The first kappa shape index (κ1) is 16.1. The van der Waals surface area contributed by atoms with E-state index in [0.717, 1.165) is 16.6 Å². The van der Waals surface area contributed by atoms with Crippen LogP contribution in [0.1, 0.15) is 38.7 Å². The van der Waals surface area contributed by atoms with Crippen molar-refractivity contribution in [2.45, 2.75) is 39.2 Å². The molecule has 2 rings (SSSR count). The largest absolute Gasteiger partial charge is 0.463 e. The summed E-state index contributed by atoms with van der Waals surface area (Å²) in [5.74, 6) is -0.296. The van der Waals surface area contributed by atoms with Crippen molar-refractivity contribution in [3.05, 3.63) is 34.3 Å². The van der Waals surface area contributed by atoms with E-state index in [1.165, 1.54) is 31.0 Å². The van der Waals surface area contributed by atoms with Crippen LogP contribution in [0.4, 0.5) is 5.69 Å². The van der Waals surface area contributed by atoms with Crippen molar-refractivity contribution in [1.29, 1.82) is 0 Å². The van der Waals surface area contributed by atoms with Crippen molar-refractivity contribution in [2.75, 3.05) is 18.1 Å². The Labute approximate surface area is 135 Å². The molecule has 0 amide bonds.